The number of hydrogen-bond acceptors (Lipinski definition) is 7. The molecule has 6 rings (SSSR count). The molecule has 0 saturated carbocycles. The SMILES string of the molecule is Cc1cc(-c2cnc(N)c(Oc3cnn(C4CN(c5ccc(F)cc5)C4)c3)n2)cc2c1CCN(C)C2. The zero-order valence-corrected chi connectivity index (χ0v) is 20.4. The van der Waals surface area contributed by atoms with Crippen molar-refractivity contribution in [3.63, 3.8) is 0 Å². The normalized spacial score (nSPS) is 16.0. The Bertz CT molecular complexity index is 1410. The Morgan fingerprint density at radius 1 is 1.11 bits per heavy atom. The maximum absolute atomic E-state index is 13.2. The quantitative estimate of drug-likeness (QED) is 0.453. The molecular weight excluding hydrogens is 457 g/mol. The maximum atomic E-state index is 13.2. The summed E-state index contributed by atoms with van der Waals surface area (Å²) in [4.78, 5) is 13.5. The molecule has 0 bridgehead atoms. The van der Waals surface area contributed by atoms with Gasteiger partial charge in [-0.2, -0.15) is 5.10 Å². The van der Waals surface area contributed by atoms with Crippen molar-refractivity contribution in [2.45, 2.75) is 25.9 Å². The van der Waals surface area contributed by atoms with Crippen LogP contribution in [0.2, 0.25) is 0 Å². The predicted octanol–water partition coefficient (Wildman–Crippen LogP) is 4.21. The van der Waals surface area contributed by atoms with Crippen LogP contribution in [0, 0.1) is 12.7 Å². The number of aryl methyl sites for hydroxylation is 1. The monoisotopic (exact) mass is 485 g/mol. The van der Waals surface area contributed by atoms with Gasteiger partial charge in [0.25, 0.3) is 5.88 Å². The molecule has 4 heterocycles. The highest BCUT2D eigenvalue weighted by atomic mass is 19.1. The van der Waals surface area contributed by atoms with Crippen LogP contribution < -0.4 is 15.4 Å². The van der Waals surface area contributed by atoms with Crippen LogP contribution in [0.5, 0.6) is 11.6 Å². The lowest BCUT2D eigenvalue weighted by Crippen LogP contribution is -2.48. The number of anilines is 2. The van der Waals surface area contributed by atoms with E-state index in [1.54, 1.807) is 24.5 Å². The lowest BCUT2D eigenvalue weighted by Gasteiger charge is -2.40. The first-order valence-corrected chi connectivity index (χ1v) is 12.1. The van der Waals surface area contributed by atoms with Crippen molar-refractivity contribution in [3.05, 3.63) is 77.5 Å². The molecule has 0 radical (unpaired) electrons. The summed E-state index contributed by atoms with van der Waals surface area (Å²) >= 11 is 0. The van der Waals surface area contributed by atoms with E-state index in [9.17, 15) is 4.39 Å². The van der Waals surface area contributed by atoms with Crippen LogP contribution in [0.4, 0.5) is 15.9 Å². The molecule has 2 aromatic heterocycles. The van der Waals surface area contributed by atoms with Gasteiger partial charge in [0, 0.05) is 37.4 Å². The van der Waals surface area contributed by atoms with E-state index in [-0.39, 0.29) is 23.6 Å². The molecule has 1 saturated heterocycles. The summed E-state index contributed by atoms with van der Waals surface area (Å²) in [6, 6.07) is 11.1. The number of nitrogen functional groups attached to an aromatic ring is 1. The van der Waals surface area contributed by atoms with E-state index in [0.717, 1.165) is 49.5 Å². The first-order chi connectivity index (χ1) is 17.4. The second-order valence-corrected chi connectivity index (χ2v) is 9.66. The van der Waals surface area contributed by atoms with E-state index in [2.05, 4.69) is 46.0 Å². The first kappa shape index (κ1) is 22.5. The standard InChI is InChI=1S/C27H28FN7O/c1-17-9-18(10-19-13-33(2)8-7-24(17)19)25-12-30-26(29)27(32-25)36-23-11-31-35(16-23)22-14-34(15-22)21-5-3-20(28)4-6-21/h3-6,9-12,16,22H,7-8,13-15H2,1-2H3,(H2,29,30). The lowest BCUT2D eigenvalue weighted by atomic mass is 9.92. The van der Waals surface area contributed by atoms with E-state index < -0.39 is 0 Å². The van der Waals surface area contributed by atoms with Gasteiger partial charge in [0.05, 0.1) is 30.3 Å². The largest absolute Gasteiger partial charge is 0.433 e. The number of aromatic nitrogens is 4. The van der Waals surface area contributed by atoms with Crippen LogP contribution in [0.15, 0.2) is 55.0 Å². The molecule has 36 heavy (non-hydrogen) atoms. The molecule has 0 aliphatic carbocycles. The van der Waals surface area contributed by atoms with E-state index in [1.165, 1.54) is 28.8 Å². The van der Waals surface area contributed by atoms with E-state index in [0.29, 0.717) is 5.75 Å². The van der Waals surface area contributed by atoms with Gasteiger partial charge in [-0.1, -0.05) is 0 Å². The van der Waals surface area contributed by atoms with Crippen LogP contribution in [-0.2, 0) is 13.0 Å². The molecule has 8 nitrogen and oxygen atoms in total. The Hall–Kier alpha value is -3.98. The van der Waals surface area contributed by atoms with Crippen molar-refractivity contribution >= 4 is 11.5 Å². The van der Waals surface area contributed by atoms with E-state index >= 15 is 0 Å². The van der Waals surface area contributed by atoms with Crippen LogP contribution in [0.1, 0.15) is 22.7 Å². The van der Waals surface area contributed by atoms with Gasteiger partial charge in [-0.25, -0.2) is 14.4 Å². The molecule has 0 spiro atoms. The average Bonchev–Trinajstić information content (AvgIpc) is 3.28. The third kappa shape index (κ3) is 4.26. The van der Waals surface area contributed by atoms with Crippen molar-refractivity contribution in [1.82, 2.24) is 24.6 Å². The van der Waals surface area contributed by atoms with Crippen LogP contribution >= 0.6 is 0 Å². The highest BCUT2D eigenvalue weighted by Crippen LogP contribution is 2.32. The van der Waals surface area contributed by atoms with Crippen molar-refractivity contribution in [2.24, 2.45) is 0 Å². The van der Waals surface area contributed by atoms with Crippen molar-refractivity contribution < 1.29 is 9.13 Å². The summed E-state index contributed by atoms with van der Waals surface area (Å²) in [6.45, 7) is 5.73. The molecule has 1 fully saturated rings. The van der Waals surface area contributed by atoms with Crippen LogP contribution in [0.3, 0.4) is 0 Å². The number of likely N-dealkylation sites (N-methyl/N-ethyl adjacent to an activating group) is 1. The van der Waals surface area contributed by atoms with Crippen molar-refractivity contribution in [2.75, 3.05) is 37.3 Å². The molecule has 2 aromatic carbocycles. The second-order valence-electron chi connectivity index (χ2n) is 9.66. The van der Waals surface area contributed by atoms with Gasteiger partial charge in [0.15, 0.2) is 11.6 Å². The zero-order chi connectivity index (χ0) is 24.8. The van der Waals surface area contributed by atoms with Crippen molar-refractivity contribution in [1.29, 1.82) is 0 Å². The summed E-state index contributed by atoms with van der Waals surface area (Å²) in [6.07, 6.45) is 6.26. The number of fused-ring (bicyclic) bond motifs is 1. The molecule has 9 heteroatoms. The molecule has 0 atom stereocenters. The molecule has 2 aliphatic heterocycles. The Labute approximate surface area is 209 Å². The fraction of sp³-hybridized carbons (Fsp3) is 0.296. The summed E-state index contributed by atoms with van der Waals surface area (Å²) in [5.74, 6) is 0.815. The van der Waals surface area contributed by atoms with Gasteiger partial charge in [-0.3, -0.25) is 4.68 Å². The minimum atomic E-state index is -0.231. The highest BCUT2D eigenvalue weighted by Gasteiger charge is 2.29. The second kappa shape index (κ2) is 8.91. The number of ether oxygens (including phenoxy) is 1. The highest BCUT2D eigenvalue weighted by molar-refractivity contribution is 5.64. The Balaban J connectivity index is 1.17. The number of rotatable bonds is 5. The molecule has 4 aromatic rings. The summed E-state index contributed by atoms with van der Waals surface area (Å²) < 4.78 is 21.1. The minimum Gasteiger partial charge on any atom is -0.433 e. The molecule has 0 amide bonds. The minimum absolute atomic E-state index is 0.207. The van der Waals surface area contributed by atoms with Gasteiger partial charge in [-0.15, -0.1) is 0 Å². The summed E-state index contributed by atoms with van der Waals surface area (Å²) in [5.41, 5.74) is 12.9. The third-order valence-corrected chi connectivity index (χ3v) is 7.03. The lowest BCUT2D eigenvalue weighted by molar-refractivity contribution is 0.312. The third-order valence-electron chi connectivity index (χ3n) is 7.03. The Morgan fingerprint density at radius 2 is 1.92 bits per heavy atom. The number of halogens is 1. The Kier molecular flexibility index (Phi) is 5.56. The topological polar surface area (TPSA) is 85.3 Å². The fourth-order valence-electron chi connectivity index (χ4n) is 4.97. The van der Waals surface area contributed by atoms with Crippen molar-refractivity contribution in [3.8, 4) is 22.9 Å². The van der Waals surface area contributed by atoms with Gasteiger partial charge < -0.3 is 20.3 Å². The summed E-state index contributed by atoms with van der Waals surface area (Å²) in [7, 11) is 2.14. The first-order valence-electron chi connectivity index (χ1n) is 12.1. The van der Waals surface area contributed by atoms with E-state index in [4.69, 9.17) is 15.5 Å². The van der Waals surface area contributed by atoms with Gasteiger partial charge >= 0.3 is 0 Å². The van der Waals surface area contributed by atoms with Gasteiger partial charge in [0.1, 0.15) is 5.82 Å². The number of nitrogens with two attached hydrogens (primary N) is 1. The Morgan fingerprint density at radius 3 is 2.72 bits per heavy atom. The van der Waals surface area contributed by atoms with Crippen LogP contribution in [0.25, 0.3) is 11.3 Å². The van der Waals surface area contributed by atoms with E-state index in [1.807, 2.05) is 10.9 Å². The smallest absolute Gasteiger partial charge is 0.263 e. The molecule has 184 valence electrons. The number of hydrogen-bond donors (Lipinski definition) is 1. The molecule has 2 N–H and O–H groups in total. The number of nitrogens with zero attached hydrogens (tertiary/aromatic N) is 6. The predicted molar refractivity (Wildman–Crippen MR) is 137 cm³/mol. The molecular formula is C27H28FN7O. The van der Waals surface area contributed by atoms with Crippen LogP contribution in [-0.4, -0.2) is 51.3 Å². The number of benzene rings is 2. The maximum Gasteiger partial charge on any atom is 0.263 e. The molecule has 0 unspecified atom stereocenters. The zero-order valence-electron chi connectivity index (χ0n) is 20.4. The van der Waals surface area contributed by atoms with Gasteiger partial charge in [0.2, 0.25) is 0 Å². The molecule has 2 aliphatic rings. The average molecular weight is 486 g/mol. The summed E-state index contributed by atoms with van der Waals surface area (Å²) in [5, 5.41) is 4.47. The van der Waals surface area contributed by atoms with Gasteiger partial charge in [-0.05, 0) is 73.5 Å². The fourth-order valence-corrected chi connectivity index (χ4v) is 4.97.